The van der Waals surface area contributed by atoms with Crippen molar-refractivity contribution >= 4 is 38.2 Å². The predicted octanol–water partition coefficient (Wildman–Crippen LogP) is 2.36. The number of sulfonamides is 1. The lowest BCUT2D eigenvalue weighted by molar-refractivity contribution is 0.0954. The summed E-state index contributed by atoms with van der Waals surface area (Å²) >= 11 is 1.53. The van der Waals surface area contributed by atoms with Gasteiger partial charge in [0.2, 0.25) is 10.0 Å². The van der Waals surface area contributed by atoms with Crippen molar-refractivity contribution in [2.75, 3.05) is 19.3 Å². The molecule has 2 N–H and O–H groups in total. The fourth-order valence-electron chi connectivity index (χ4n) is 2.69. The van der Waals surface area contributed by atoms with Crippen molar-refractivity contribution in [2.24, 2.45) is 0 Å². The standard InChI is InChI=1S/C18H21N3O5S2/c1-11-16(27-10-20-11)9-25-13-4-5-15-14(8-13)17(12(2)26-15)18(22)19-6-7-21-28(3,23)24/h4-5,8,10,21H,6-7,9H2,1-3H3,(H,19,22). The lowest BCUT2D eigenvalue weighted by atomic mass is 10.1. The van der Waals surface area contributed by atoms with Gasteiger partial charge in [-0.3, -0.25) is 4.79 Å². The maximum absolute atomic E-state index is 12.6. The number of aromatic nitrogens is 1. The van der Waals surface area contributed by atoms with Crippen molar-refractivity contribution in [2.45, 2.75) is 20.5 Å². The Labute approximate surface area is 167 Å². The summed E-state index contributed by atoms with van der Waals surface area (Å²) < 4.78 is 36.0. The van der Waals surface area contributed by atoms with Gasteiger partial charge in [-0.15, -0.1) is 11.3 Å². The van der Waals surface area contributed by atoms with E-state index < -0.39 is 10.0 Å². The molecule has 0 saturated heterocycles. The molecular formula is C18H21N3O5S2. The number of hydrogen-bond donors (Lipinski definition) is 2. The normalized spacial score (nSPS) is 11.7. The lowest BCUT2D eigenvalue weighted by Crippen LogP contribution is -2.34. The van der Waals surface area contributed by atoms with Crippen LogP contribution in [0.5, 0.6) is 5.75 Å². The van der Waals surface area contributed by atoms with Gasteiger partial charge in [0.05, 0.1) is 27.9 Å². The number of furan rings is 1. The van der Waals surface area contributed by atoms with Crippen molar-refractivity contribution in [3.8, 4) is 5.75 Å². The van der Waals surface area contributed by atoms with E-state index in [9.17, 15) is 13.2 Å². The van der Waals surface area contributed by atoms with E-state index in [4.69, 9.17) is 9.15 Å². The first-order chi connectivity index (χ1) is 13.2. The number of hydrogen-bond acceptors (Lipinski definition) is 7. The molecule has 0 spiro atoms. The summed E-state index contributed by atoms with van der Waals surface area (Å²) in [5.74, 6) is 0.773. The number of fused-ring (bicyclic) bond motifs is 1. The number of amides is 1. The highest BCUT2D eigenvalue weighted by atomic mass is 32.2. The van der Waals surface area contributed by atoms with E-state index in [2.05, 4.69) is 15.0 Å². The first-order valence-corrected chi connectivity index (χ1v) is 11.3. The zero-order chi connectivity index (χ0) is 20.3. The molecule has 0 radical (unpaired) electrons. The highest BCUT2D eigenvalue weighted by molar-refractivity contribution is 7.88. The molecule has 0 bridgehead atoms. The Morgan fingerprint density at radius 2 is 2.07 bits per heavy atom. The van der Waals surface area contributed by atoms with Gasteiger partial charge in [0.1, 0.15) is 23.7 Å². The van der Waals surface area contributed by atoms with Gasteiger partial charge < -0.3 is 14.5 Å². The average Bonchev–Trinajstić information content (AvgIpc) is 3.17. The van der Waals surface area contributed by atoms with Gasteiger partial charge in [-0.1, -0.05) is 0 Å². The molecular weight excluding hydrogens is 402 g/mol. The van der Waals surface area contributed by atoms with Crippen LogP contribution in [0.1, 0.15) is 26.7 Å². The molecule has 8 nitrogen and oxygen atoms in total. The molecule has 0 aliphatic carbocycles. The van der Waals surface area contributed by atoms with Gasteiger partial charge >= 0.3 is 0 Å². The van der Waals surface area contributed by atoms with Gasteiger partial charge in [0.15, 0.2) is 0 Å². The Bertz CT molecular complexity index is 1100. The Hall–Kier alpha value is -2.43. The summed E-state index contributed by atoms with van der Waals surface area (Å²) in [6.07, 6.45) is 1.07. The van der Waals surface area contributed by atoms with Crippen LogP contribution in [0.2, 0.25) is 0 Å². The van der Waals surface area contributed by atoms with E-state index in [0.29, 0.717) is 34.6 Å². The molecule has 0 unspecified atom stereocenters. The Balaban J connectivity index is 1.73. The van der Waals surface area contributed by atoms with Gasteiger partial charge in [0, 0.05) is 18.5 Å². The quantitative estimate of drug-likeness (QED) is 0.538. The second-order valence-corrected chi connectivity index (χ2v) is 9.04. The summed E-state index contributed by atoms with van der Waals surface area (Å²) in [5, 5.41) is 3.34. The van der Waals surface area contributed by atoms with Crippen molar-refractivity contribution < 1.29 is 22.4 Å². The van der Waals surface area contributed by atoms with Gasteiger partial charge in [0.25, 0.3) is 5.91 Å². The number of nitrogens with zero attached hydrogens (tertiary/aromatic N) is 1. The molecule has 28 heavy (non-hydrogen) atoms. The third-order valence-electron chi connectivity index (χ3n) is 4.05. The fraction of sp³-hybridized carbons (Fsp3) is 0.333. The van der Waals surface area contributed by atoms with Crippen LogP contribution in [0.4, 0.5) is 0 Å². The van der Waals surface area contributed by atoms with Crippen LogP contribution in [0, 0.1) is 13.8 Å². The van der Waals surface area contributed by atoms with E-state index in [1.54, 1.807) is 30.6 Å². The molecule has 10 heteroatoms. The Kier molecular flexibility index (Phi) is 6.01. The van der Waals surface area contributed by atoms with Gasteiger partial charge in [-0.25, -0.2) is 18.1 Å². The zero-order valence-corrected chi connectivity index (χ0v) is 17.4. The highest BCUT2D eigenvalue weighted by Gasteiger charge is 2.19. The molecule has 3 aromatic rings. The Morgan fingerprint density at radius 1 is 1.29 bits per heavy atom. The van der Waals surface area contributed by atoms with E-state index in [1.807, 2.05) is 6.92 Å². The second kappa shape index (κ2) is 8.29. The van der Waals surface area contributed by atoms with E-state index in [0.717, 1.165) is 16.8 Å². The maximum Gasteiger partial charge on any atom is 0.255 e. The fourth-order valence-corrected chi connectivity index (χ4v) is 3.85. The van der Waals surface area contributed by atoms with E-state index >= 15 is 0 Å². The minimum atomic E-state index is -3.29. The van der Waals surface area contributed by atoms with E-state index in [-0.39, 0.29) is 19.0 Å². The molecule has 2 heterocycles. The molecule has 0 fully saturated rings. The second-order valence-electron chi connectivity index (χ2n) is 6.26. The first-order valence-electron chi connectivity index (χ1n) is 8.52. The van der Waals surface area contributed by atoms with E-state index in [1.165, 1.54) is 11.3 Å². The molecule has 3 rings (SSSR count). The number of aryl methyl sites for hydroxylation is 2. The van der Waals surface area contributed by atoms with Crippen LogP contribution in [0.15, 0.2) is 28.1 Å². The minimum Gasteiger partial charge on any atom is -0.488 e. The summed E-state index contributed by atoms with van der Waals surface area (Å²) in [6.45, 7) is 4.32. The van der Waals surface area contributed by atoms with Crippen molar-refractivity contribution in [1.29, 1.82) is 0 Å². The third-order valence-corrected chi connectivity index (χ3v) is 5.69. The number of carbonyl (C=O) groups excluding carboxylic acids is 1. The zero-order valence-electron chi connectivity index (χ0n) is 15.7. The predicted molar refractivity (Wildman–Crippen MR) is 107 cm³/mol. The smallest absolute Gasteiger partial charge is 0.255 e. The summed E-state index contributed by atoms with van der Waals surface area (Å²) in [7, 11) is -3.29. The van der Waals surface area contributed by atoms with Gasteiger partial charge in [-0.2, -0.15) is 0 Å². The topological polar surface area (TPSA) is 111 Å². The molecule has 1 aromatic carbocycles. The molecule has 0 aliphatic heterocycles. The van der Waals surface area contributed by atoms with Crippen molar-refractivity contribution in [3.63, 3.8) is 0 Å². The molecule has 0 atom stereocenters. The number of benzene rings is 1. The number of ether oxygens (including phenoxy) is 1. The van der Waals surface area contributed by atoms with Crippen molar-refractivity contribution in [3.05, 3.63) is 45.6 Å². The highest BCUT2D eigenvalue weighted by Crippen LogP contribution is 2.29. The van der Waals surface area contributed by atoms with Crippen LogP contribution >= 0.6 is 11.3 Å². The maximum atomic E-state index is 12.6. The third kappa shape index (κ3) is 4.89. The SMILES string of the molecule is Cc1ncsc1COc1ccc2oc(C)c(C(=O)NCCNS(C)(=O)=O)c2c1. The number of thiazole rings is 1. The molecule has 2 aromatic heterocycles. The largest absolute Gasteiger partial charge is 0.488 e. The molecule has 1 amide bonds. The lowest BCUT2D eigenvalue weighted by Gasteiger charge is -2.07. The molecule has 0 aliphatic rings. The number of nitrogens with one attached hydrogen (secondary N) is 2. The monoisotopic (exact) mass is 423 g/mol. The summed E-state index contributed by atoms with van der Waals surface area (Å²) in [6, 6.07) is 5.32. The van der Waals surface area contributed by atoms with Gasteiger partial charge in [-0.05, 0) is 32.0 Å². The number of rotatable bonds is 8. The average molecular weight is 424 g/mol. The van der Waals surface area contributed by atoms with Crippen LogP contribution in [-0.4, -0.2) is 38.7 Å². The molecule has 0 saturated carbocycles. The molecule has 150 valence electrons. The van der Waals surface area contributed by atoms with Crippen LogP contribution < -0.4 is 14.8 Å². The van der Waals surface area contributed by atoms with Crippen LogP contribution in [0.3, 0.4) is 0 Å². The van der Waals surface area contributed by atoms with Crippen LogP contribution in [0.25, 0.3) is 11.0 Å². The first kappa shape index (κ1) is 20.3. The summed E-state index contributed by atoms with van der Waals surface area (Å²) in [4.78, 5) is 17.8. The number of carbonyl (C=O) groups is 1. The minimum absolute atomic E-state index is 0.113. The van der Waals surface area contributed by atoms with Crippen molar-refractivity contribution in [1.82, 2.24) is 15.0 Å². The van der Waals surface area contributed by atoms with Crippen LogP contribution in [-0.2, 0) is 16.6 Å². The Morgan fingerprint density at radius 3 is 2.75 bits per heavy atom. The summed E-state index contributed by atoms with van der Waals surface area (Å²) in [5.41, 5.74) is 3.71.